The average Bonchev–Trinajstić information content (AvgIpc) is 3.34. The van der Waals surface area contributed by atoms with Crippen molar-refractivity contribution in [2.45, 2.75) is 18.7 Å². The summed E-state index contributed by atoms with van der Waals surface area (Å²) in [5, 5.41) is 8.00. The zero-order valence-corrected chi connectivity index (χ0v) is 16.1. The second-order valence-corrected chi connectivity index (χ2v) is 7.97. The van der Waals surface area contributed by atoms with Gasteiger partial charge in [0.1, 0.15) is 0 Å². The molecule has 1 N–H and O–H groups in total. The van der Waals surface area contributed by atoms with Crippen LogP contribution in [-0.4, -0.2) is 23.4 Å². The molecule has 0 spiro atoms. The minimum atomic E-state index is -3.86. The van der Waals surface area contributed by atoms with E-state index in [2.05, 4.69) is 15.0 Å². The van der Waals surface area contributed by atoms with Crippen molar-refractivity contribution in [1.29, 1.82) is 0 Å². The van der Waals surface area contributed by atoms with E-state index in [1.165, 1.54) is 0 Å². The van der Waals surface area contributed by atoms with Crippen LogP contribution in [0.2, 0.25) is 0 Å². The Bertz CT molecular complexity index is 1210. The van der Waals surface area contributed by atoms with Gasteiger partial charge in [0.15, 0.2) is 0 Å². The summed E-state index contributed by atoms with van der Waals surface area (Å²) in [4.78, 5) is 0.162. The molecule has 7 nitrogen and oxygen atoms in total. The highest BCUT2D eigenvalue weighted by Gasteiger charge is 2.22. The van der Waals surface area contributed by atoms with Gasteiger partial charge in [-0.05, 0) is 43.7 Å². The van der Waals surface area contributed by atoms with Gasteiger partial charge in [-0.2, -0.15) is 5.10 Å². The van der Waals surface area contributed by atoms with E-state index in [0.29, 0.717) is 16.8 Å². The fourth-order valence-corrected chi connectivity index (χ4v) is 4.12. The standard InChI is InChI=1S/C20H18N4O3S/c1-14-15(2)22-27-20(14)23-28(25,26)19-7-4-3-6-18(19)16-8-10-17(11-9-16)24-13-5-12-21-24/h3-13,23H,1-2H3. The van der Waals surface area contributed by atoms with Crippen molar-refractivity contribution >= 4 is 15.9 Å². The minimum Gasteiger partial charge on any atom is -0.337 e. The molecular weight excluding hydrogens is 376 g/mol. The Morgan fingerprint density at radius 3 is 2.39 bits per heavy atom. The Kier molecular flexibility index (Phi) is 4.48. The van der Waals surface area contributed by atoms with Crippen molar-refractivity contribution in [2.75, 3.05) is 4.72 Å². The number of nitrogens with one attached hydrogen (secondary N) is 1. The molecule has 0 aliphatic heterocycles. The number of rotatable bonds is 5. The highest BCUT2D eigenvalue weighted by atomic mass is 32.2. The molecule has 0 saturated carbocycles. The van der Waals surface area contributed by atoms with E-state index in [1.807, 2.05) is 36.5 Å². The third-order valence-electron chi connectivity index (χ3n) is 4.51. The van der Waals surface area contributed by atoms with E-state index in [-0.39, 0.29) is 10.8 Å². The lowest BCUT2D eigenvalue weighted by molar-refractivity contribution is 0.430. The Hall–Kier alpha value is -3.39. The van der Waals surface area contributed by atoms with E-state index in [0.717, 1.165) is 11.3 Å². The molecule has 28 heavy (non-hydrogen) atoms. The highest BCUT2D eigenvalue weighted by molar-refractivity contribution is 7.92. The fourth-order valence-electron chi connectivity index (χ4n) is 2.84. The molecule has 0 amide bonds. The first-order chi connectivity index (χ1) is 13.5. The number of aryl methyl sites for hydroxylation is 1. The molecule has 2 aromatic heterocycles. The number of sulfonamides is 1. The maximum Gasteiger partial charge on any atom is 0.264 e. The first-order valence-corrected chi connectivity index (χ1v) is 10.1. The van der Waals surface area contributed by atoms with Crippen molar-refractivity contribution in [1.82, 2.24) is 14.9 Å². The van der Waals surface area contributed by atoms with Crippen LogP contribution in [0.5, 0.6) is 0 Å². The normalized spacial score (nSPS) is 11.5. The molecule has 0 aliphatic carbocycles. The molecule has 142 valence electrons. The Morgan fingerprint density at radius 1 is 1.00 bits per heavy atom. The van der Waals surface area contributed by atoms with Crippen LogP contribution in [0.3, 0.4) is 0 Å². The van der Waals surface area contributed by atoms with Crippen molar-refractivity contribution < 1.29 is 12.9 Å². The number of aromatic nitrogens is 3. The summed E-state index contributed by atoms with van der Waals surface area (Å²) in [6, 6.07) is 16.2. The number of benzene rings is 2. The first-order valence-electron chi connectivity index (χ1n) is 8.61. The molecule has 2 heterocycles. The van der Waals surface area contributed by atoms with Gasteiger partial charge in [0, 0.05) is 23.5 Å². The lowest BCUT2D eigenvalue weighted by Gasteiger charge is -2.12. The maximum absolute atomic E-state index is 13.0. The van der Waals surface area contributed by atoms with Gasteiger partial charge in [-0.1, -0.05) is 35.5 Å². The van der Waals surface area contributed by atoms with Crippen LogP contribution in [0.25, 0.3) is 16.8 Å². The second kappa shape index (κ2) is 6.97. The number of hydrogen-bond acceptors (Lipinski definition) is 5. The van der Waals surface area contributed by atoms with E-state index in [9.17, 15) is 8.42 Å². The second-order valence-electron chi connectivity index (χ2n) is 6.32. The van der Waals surface area contributed by atoms with Gasteiger partial charge in [-0.15, -0.1) is 0 Å². The largest absolute Gasteiger partial charge is 0.337 e. The SMILES string of the molecule is Cc1noc(NS(=O)(=O)c2ccccc2-c2ccc(-n3cccn3)cc2)c1C. The molecule has 0 bridgehead atoms. The molecule has 0 saturated heterocycles. The van der Waals surface area contributed by atoms with Crippen molar-refractivity contribution in [3.05, 3.63) is 78.2 Å². The maximum atomic E-state index is 13.0. The summed E-state index contributed by atoms with van der Waals surface area (Å²) in [5.74, 6) is 0.126. The smallest absolute Gasteiger partial charge is 0.264 e. The van der Waals surface area contributed by atoms with Crippen LogP contribution in [0.1, 0.15) is 11.3 Å². The Labute approximate surface area is 162 Å². The van der Waals surface area contributed by atoms with Crippen molar-refractivity contribution in [2.24, 2.45) is 0 Å². The van der Waals surface area contributed by atoms with Gasteiger partial charge in [-0.3, -0.25) is 0 Å². The summed E-state index contributed by atoms with van der Waals surface area (Å²) in [6.07, 6.45) is 3.55. The quantitative estimate of drug-likeness (QED) is 0.554. The predicted molar refractivity (Wildman–Crippen MR) is 106 cm³/mol. The number of hydrogen-bond donors (Lipinski definition) is 1. The first kappa shape index (κ1) is 18.0. The average molecular weight is 394 g/mol. The summed E-state index contributed by atoms with van der Waals surface area (Å²) in [6.45, 7) is 3.51. The Morgan fingerprint density at radius 2 is 1.75 bits per heavy atom. The molecule has 0 fully saturated rings. The summed E-state index contributed by atoms with van der Waals surface area (Å²) in [7, 11) is -3.86. The van der Waals surface area contributed by atoms with Crippen molar-refractivity contribution in [3.63, 3.8) is 0 Å². The zero-order valence-electron chi connectivity index (χ0n) is 15.3. The van der Waals surface area contributed by atoms with Crippen LogP contribution in [0, 0.1) is 13.8 Å². The molecule has 4 aromatic rings. The highest BCUT2D eigenvalue weighted by Crippen LogP contribution is 2.30. The summed E-state index contributed by atoms with van der Waals surface area (Å²) < 4.78 is 35.3. The lowest BCUT2D eigenvalue weighted by atomic mass is 10.1. The fraction of sp³-hybridized carbons (Fsp3) is 0.100. The monoisotopic (exact) mass is 394 g/mol. The zero-order chi connectivity index (χ0) is 19.7. The van der Waals surface area contributed by atoms with Crippen LogP contribution < -0.4 is 4.72 Å². The van der Waals surface area contributed by atoms with Gasteiger partial charge in [-0.25, -0.2) is 17.8 Å². The predicted octanol–water partition coefficient (Wildman–Crippen LogP) is 3.94. The number of anilines is 1. The van der Waals surface area contributed by atoms with Gasteiger partial charge in [0.2, 0.25) is 5.88 Å². The lowest BCUT2D eigenvalue weighted by Crippen LogP contribution is -2.14. The third kappa shape index (κ3) is 3.29. The molecule has 0 atom stereocenters. The van der Waals surface area contributed by atoms with Crippen LogP contribution in [0.15, 0.2) is 76.4 Å². The van der Waals surface area contributed by atoms with E-state index in [4.69, 9.17) is 4.52 Å². The van der Waals surface area contributed by atoms with E-state index >= 15 is 0 Å². The van der Waals surface area contributed by atoms with Crippen LogP contribution in [-0.2, 0) is 10.0 Å². The van der Waals surface area contributed by atoms with Crippen LogP contribution >= 0.6 is 0 Å². The molecule has 0 unspecified atom stereocenters. The van der Waals surface area contributed by atoms with Crippen LogP contribution in [0.4, 0.5) is 5.88 Å². The van der Waals surface area contributed by atoms with E-state index in [1.54, 1.807) is 49.0 Å². The third-order valence-corrected chi connectivity index (χ3v) is 5.90. The molecule has 8 heteroatoms. The van der Waals surface area contributed by atoms with Gasteiger partial charge in [0.05, 0.1) is 16.3 Å². The van der Waals surface area contributed by atoms with Gasteiger partial charge < -0.3 is 4.52 Å². The molecule has 0 aliphatic rings. The topological polar surface area (TPSA) is 90.0 Å². The number of nitrogens with zero attached hydrogens (tertiary/aromatic N) is 3. The molecule has 2 aromatic carbocycles. The molecule has 4 rings (SSSR count). The Balaban J connectivity index is 1.71. The van der Waals surface area contributed by atoms with Gasteiger partial charge in [0.25, 0.3) is 10.0 Å². The summed E-state index contributed by atoms with van der Waals surface area (Å²) in [5.41, 5.74) is 3.56. The van der Waals surface area contributed by atoms with Crippen molar-refractivity contribution in [3.8, 4) is 16.8 Å². The minimum absolute atomic E-state index is 0.126. The van der Waals surface area contributed by atoms with E-state index < -0.39 is 10.0 Å². The molecule has 0 radical (unpaired) electrons. The molecular formula is C20H18N4O3S. The van der Waals surface area contributed by atoms with Gasteiger partial charge >= 0.3 is 0 Å². The summed E-state index contributed by atoms with van der Waals surface area (Å²) >= 11 is 0.